The highest BCUT2D eigenvalue weighted by Crippen LogP contribution is 2.03. The molecule has 0 aliphatic rings. The van der Waals surface area contributed by atoms with Gasteiger partial charge in [0.1, 0.15) is 6.29 Å². The number of hydrogen-bond acceptors (Lipinski definition) is 4. The Kier molecular flexibility index (Phi) is 3.95. The maximum Gasteiger partial charge on any atom is 0.316 e. The SMILES string of the molecule is C=C(O)OC(=O)C(C)CC=O. The van der Waals surface area contributed by atoms with Crippen LogP contribution in [0.5, 0.6) is 0 Å². The van der Waals surface area contributed by atoms with E-state index in [1.807, 2.05) is 0 Å². The van der Waals surface area contributed by atoms with Crippen LogP contribution in [0.1, 0.15) is 13.3 Å². The van der Waals surface area contributed by atoms with Gasteiger partial charge >= 0.3 is 5.97 Å². The predicted octanol–water partition coefficient (Wildman–Crippen LogP) is 0.784. The lowest BCUT2D eigenvalue weighted by Crippen LogP contribution is -2.14. The van der Waals surface area contributed by atoms with Crippen LogP contribution in [0.4, 0.5) is 0 Å². The first-order chi connectivity index (χ1) is 5.07. The lowest BCUT2D eigenvalue weighted by atomic mass is 10.1. The van der Waals surface area contributed by atoms with Crippen molar-refractivity contribution in [3.8, 4) is 0 Å². The van der Waals surface area contributed by atoms with E-state index < -0.39 is 17.8 Å². The van der Waals surface area contributed by atoms with Crippen molar-refractivity contribution in [3.63, 3.8) is 0 Å². The van der Waals surface area contributed by atoms with E-state index in [9.17, 15) is 9.59 Å². The fraction of sp³-hybridized carbons (Fsp3) is 0.429. The Hall–Kier alpha value is -1.32. The second kappa shape index (κ2) is 4.49. The highest BCUT2D eigenvalue weighted by molar-refractivity contribution is 5.75. The molecule has 4 heteroatoms. The van der Waals surface area contributed by atoms with Crippen molar-refractivity contribution in [1.29, 1.82) is 0 Å². The van der Waals surface area contributed by atoms with Crippen LogP contribution in [0.3, 0.4) is 0 Å². The van der Waals surface area contributed by atoms with Gasteiger partial charge in [-0.05, 0) is 6.58 Å². The van der Waals surface area contributed by atoms with Crippen LogP contribution >= 0.6 is 0 Å². The summed E-state index contributed by atoms with van der Waals surface area (Å²) in [5.74, 6) is -1.83. The average molecular weight is 158 g/mol. The molecule has 11 heavy (non-hydrogen) atoms. The number of aliphatic hydroxyl groups excluding tert-OH is 1. The van der Waals surface area contributed by atoms with E-state index in [4.69, 9.17) is 5.11 Å². The summed E-state index contributed by atoms with van der Waals surface area (Å²) >= 11 is 0. The molecule has 1 N–H and O–H groups in total. The van der Waals surface area contributed by atoms with E-state index in [-0.39, 0.29) is 6.42 Å². The van der Waals surface area contributed by atoms with Gasteiger partial charge in [0.2, 0.25) is 0 Å². The van der Waals surface area contributed by atoms with Gasteiger partial charge in [-0.1, -0.05) is 6.92 Å². The van der Waals surface area contributed by atoms with Crippen LogP contribution in [0.25, 0.3) is 0 Å². The number of aliphatic hydroxyl groups is 1. The van der Waals surface area contributed by atoms with Crippen molar-refractivity contribution in [1.82, 2.24) is 0 Å². The summed E-state index contributed by atoms with van der Waals surface area (Å²) in [6.45, 7) is 4.49. The highest BCUT2D eigenvalue weighted by Gasteiger charge is 2.14. The molecular weight excluding hydrogens is 148 g/mol. The average Bonchev–Trinajstić information content (AvgIpc) is 1.86. The minimum Gasteiger partial charge on any atom is -0.481 e. The molecule has 0 rings (SSSR count). The third-order valence-corrected chi connectivity index (χ3v) is 1.07. The molecule has 1 atom stereocenters. The van der Waals surface area contributed by atoms with Gasteiger partial charge in [0.15, 0.2) is 0 Å². The Bertz CT molecular complexity index is 173. The number of esters is 1. The Morgan fingerprint density at radius 3 is 2.73 bits per heavy atom. The molecule has 1 unspecified atom stereocenters. The topological polar surface area (TPSA) is 63.6 Å². The highest BCUT2D eigenvalue weighted by atomic mass is 16.6. The minimum atomic E-state index is -0.649. The van der Waals surface area contributed by atoms with E-state index in [1.54, 1.807) is 0 Å². The summed E-state index contributed by atoms with van der Waals surface area (Å²) in [6.07, 6.45) is 0.707. The number of carbonyl (C=O) groups is 2. The van der Waals surface area contributed by atoms with Gasteiger partial charge in [-0.25, -0.2) is 0 Å². The van der Waals surface area contributed by atoms with Crippen LogP contribution in [0.2, 0.25) is 0 Å². The fourth-order valence-electron chi connectivity index (χ4n) is 0.457. The number of rotatable bonds is 4. The predicted molar refractivity (Wildman–Crippen MR) is 37.7 cm³/mol. The maximum absolute atomic E-state index is 10.7. The Morgan fingerprint density at radius 2 is 2.36 bits per heavy atom. The van der Waals surface area contributed by atoms with Crippen molar-refractivity contribution in [3.05, 3.63) is 12.5 Å². The number of aldehydes is 1. The largest absolute Gasteiger partial charge is 0.481 e. The molecule has 0 radical (unpaired) electrons. The first-order valence-electron chi connectivity index (χ1n) is 3.11. The molecule has 0 fully saturated rings. The zero-order valence-corrected chi connectivity index (χ0v) is 6.24. The molecule has 0 heterocycles. The van der Waals surface area contributed by atoms with Crippen LogP contribution in [-0.4, -0.2) is 17.4 Å². The van der Waals surface area contributed by atoms with Crippen molar-refractivity contribution < 1.29 is 19.4 Å². The first kappa shape index (κ1) is 9.68. The summed E-state index contributed by atoms with van der Waals surface area (Å²) in [5.41, 5.74) is 0. The summed E-state index contributed by atoms with van der Waals surface area (Å²) in [7, 11) is 0. The summed E-state index contributed by atoms with van der Waals surface area (Å²) in [4.78, 5) is 20.7. The van der Waals surface area contributed by atoms with E-state index in [2.05, 4.69) is 11.3 Å². The van der Waals surface area contributed by atoms with Crippen molar-refractivity contribution in [2.24, 2.45) is 5.92 Å². The summed E-state index contributed by atoms with van der Waals surface area (Å²) < 4.78 is 4.23. The molecule has 62 valence electrons. The van der Waals surface area contributed by atoms with Gasteiger partial charge in [0.25, 0.3) is 5.95 Å². The van der Waals surface area contributed by atoms with Gasteiger partial charge in [-0.15, -0.1) is 0 Å². The minimum absolute atomic E-state index is 0.0894. The molecule has 0 aromatic heterocycles. The lowest BCUT2D eigenvalue weighted by molar-refractivity contribution is -0.148. The molecule has 0 spiro atoms. The monoisotopic (exact) mass is 158 g/mol. The quantitative estimate of drug-likeness (QED) is 0.373. The third kappa shape index (κ3) is 4.13. The van der Waals surface area contributed by atoms with E-state index >= 15 is 0 Å². The Balaban J connectivity index is 3.82. The molecule has 0 aromatic carbocycles. The maximum atomic E-state index is 10.7. The van der Waals surface area contributed by atoms with E-state index in [0.29, 0.717) is 6.29 Å². The summed E-state index contributed by atoms with van der Waals surface area (Å²) in [6, 6.07) is 0. The number of hydrogen-bond donors (Lipinski definition) is 1. The van der Waals surface area contributed by atoms with Gasteiger partial charge in [-0.2, -0.15) is 0 Å². The second-order valence-corrected chi connectivity index (χ2v) is 2.12. The van der Waals surface area contributed by atoms with Crippen LogP contribution in [0, 0.1) is 5.92 Å². The lowest BCUT2D eigenvalue weighted by Gasteiger charge is -2.05. The molecule has 4 nitrogen and oxygen atoms in total. The zero-order chi connectivity index (χ0) is 8.85. The van der Waals surface area contributed by atoms with Gasteiger partial charge in [0, 0.05) is 6.42 Å². The molecule has 0 saturated heterocycles. The molecule has 0 saturated carbocycles. The smallest absolute Gasteiger partial charge is 0.316 e. The number of ether oxygens (including phenoxy) is 1. The molecule has 0 bridgehead atoms. The summed E-state index contributed by atoms with van der Waals surface area (Å²) in [5, 5.41) is 8.41. The number of carbonyl (C=O) groups excluding carboxylic acids is 2. The van der Waals surface area contributed by atoms with Crippen molar-refractivity contribution in [2.75, 3.05) is 0 Å². The fourth-order valence-corrected chi connectivity index (χ4v) is 0.457. The zero-order valence-electron chi connectivity index (χ0n) is 6.24. The molecule has 0 aliphatic heterocycles. The third-order valence-electron chi connectivity index (χ3n) is 1.07. The molecule has 0 amide bonds. The van der Waals surface area contributed by atoms with Crippen LogP contribution in [-0.2, 0) is 14.3 Å². The van der Waals surface area contributed by atoms with Crippen molar-refractivity contribution >= 4 is 12.3 Å². The first-order valence-corrected chi connectivity index (χ1v) is 3.11. The van der Waals surface area contributed by atoms with Gasteiger partial charge < -0.3 is 14.6 Å². The van der Waals surface area contributed by atoms with Gasteiger partial charge in [0.05, 0.1) is 5.92 Å². The second-order valence-electron chi connectivity index (χ2n) is 2.12. The van der Waals surface area contributed by atoms with Crippen LogP contribution in [0.15, 0.2) is 12.5 Å². The molecule has 0 aliphatic carbocycles. The van der Waals surface area contributed by atoms with E-state index in [1.165, 1.54) is 6.92 Å². The van der Waals surface area contributed by atoms with Crippen molar-refractivity contribution in [2.45, 2.75) is 13.3 Å². The molecule has 0 aromatic rings. The Labute approximate surface area is 64.5 Å². The van der Waals surface area contributed by atoms with E-state index in [0.717, 1.165) is 0 Å². The Morgan fingerprint density at radius 1 is 1.82 bits per heavy atom. The molecular formula is C7H10O4. The standard InChI is InChI=1S/C7H10O4/c1-5(3-4-8)7(10)11-6(2)9/h4-5,9H,2-3H2,1H3. The normalized spacial score (nSPS) is 11.7. The van der Waals surface area contributed by atoms with Gasteiger partial charge in [-0.3, -0.25) is 4.79 Å². The van der Waals surface area contributed by atoms with Crippen LogP contribution < -0.4 is 0 Å².